The highest BCUT2D eigenvalue weighted by atomic mass is 79.9. The predicted molar refractivity (Wildman–Crippen MR) is 87.3 cm³/mol. The summed E-state index contributed by atoms with van der Waals surface area (Å²) in [6.07, 6.45) is 0. The van der Waals surface area contributed by atoms with Crippen LogP contribution in [0.3, 0.4) is 0 Å². The second kappa shape index (κ2) is 6.48. The summed E-state index contributed by atoms with van der Waals surface area (Å²) in [5.41, 5.74) is 1.74. The summed E-state index contributed by atoms with van der Waals surface area (Å²) in [7, 11) is 0. The van der Waals surface area contributed by atoms with Crippen molar-refractivity contribution >= 4 is 21.8 Å². The highest BCUT2D eigenvalue weighted by Gasteiger charge is 2.22. The fourth-order valence-corrected chi connectivity index (χ4v) is 2.63. The second-order valence-corrected chi connectivity index (χ2v) is 6.27. The van der Waals surface area contributed by atoms with Crippen molar-refractivity contribution in [2.45, 2.75) is 40.3 Å². The van der Waals surface area contributed by atoms with Gasteiger partial charge >= 0.3 is 0 Å². The standard InChI is InChI=1S/C17H20BrNO2/c1-11(2)19(10-14-9-8-13(4)21-14)17(20)15-7-5-6-12(3)16(15)18/h5-9,11H,10H2,1-4H3. The molecule has 21 heavy (non-hydrogen) atoms. The van der Waals surface area contributed by atoms with E-state index >= 15 is 0 Å². The van der Waals surface area contributed by atoms with Crippen molar-refractivity contribution in [2.24, 2.45) is 0 Å². The van der Waals surface area contributed by atoms with Crippen LogP contribution >= 0.6 is 15.9 Å². The highest BCUT2D eigenvalue weighted by Crippen LogP contribution is 2.24. The summed E-state index contributed by atoms with van der Waals surface area (Å²) in [6.45, 7) is 8.39. The molecule has 0 aliphatic carbocycles. The summed E-state index contributed by atoms with van der Waals surface area (Å²) >= 11 is 3.52. The smallest absolute Gasteiger partial charge is 0.255 e. The van der Waals surface area contributed by atoms with E-state index in [0.717, 1.165) is 21.6 Å². The topological polar surface area (TPSA) is 33.5 Å². The van der Waals surface area contributed by atoms with Gasteiger partial charge in [0.25, 0.3) is 5.91 Å². The first kappa shape index (κ1) is 15.8. The molecule has 0 radical (unpaired) electrons. The fraction of sp³-hybridized carbons (Fsp3) is 0.353. The Bertz CT molecular complexity index is 646. The van der Waals surface area contributed by atoms with Crippen LogP contribution in [0.15, 0.2) is 39.2 Å². The van der Waals surface area contributed by atoms with Gasteiger partial charge in [-0.05, 0) is 67.4 Å². The Morgan fingerprint density at radius 3 is 2.52 bits per heavy atom. The van der Waals surface area contributed by atoms with Gasteiger partial charge < -0.3 is 9.32 Å². The number of amides is 1. The number of carbonyl (C=O) groups excluding carboxylic acids is 1. The van der Waals surface area contributed by atoms with Crippen molar-refractivity contribution in [1.29, 1.82) is 0 Å². The van der Waals surface area contributed by atoms with Crippen molar-refractivity contribution in [3.05, 3.63) is 57.5 Å². The third kappa shape index (κ3) is 3.56. The molecule has 0 saturated heterocycles. The van der Waals surface area contributed by atoms with Gasteiger partial charge in [-0.2, -0.15) is 0 Å². The number of rotatable bonds is 4. The first-order valence-corrected chi connectivity index (χ1v) is 7.81. The number of furan rings is 1. The van der Waals surface area contributed by atoms with Crippen molar-refractivity contribution in [3.63, 3.8) is 0 Å². The third-order valence-corrected chi connectivity index (χ3v) is 4.48. The number of hydrogen-bond donors (Lipinski definition) is 0. The number of hydrogen-bond acceptors (Lipinski definition) is 2. The van der Waals surface area contributed by atoms with Crippen LogP contribution in [0.4, 0.5) is 0 Å². The summed E-state index contributed by atoms with van der Waals surface area (Å²) in [5, 5.41) is 0. The van der Waals surface area contributed by atoms with Gasteiger partial charge in [0.05, 0.1) is 12.1 Å². The molecule has 0 atom stereocenters. The lowest BCUT2D eigenvalue weighted by Crippen LogP contribution is -2.36. The lowest BCUT2D eigenvalue weighted by atomic mass is 10.1. The van der Waals surface area contributed by atoms with Crippen LogP contribution in [0.2, 0.25) is 0 Å². The number of benzene rings is 1. The Hall–Kier alpha value is -1.55. The van der Waals surface area contributed by atoms with Crippen LogP contribution in [0.1, 0.15) is 41.3 Å². The molecule has 3 nitrogen and oxygen atoms in total. The van der Waals surface area contributed by atoms with E-state index in [2.05, 4.69) is 15.9 Å². The van der Waals surface area contributed by atoms with Crippen LogP contribution in [0.5, 0.6) is 0 Å². The molecule has 4 heteroatoms. The van der Waals surface area contributed by atoms with Gasteiger partial charge in [-0.25, -0.2) is 0 Å². The zero-order chi connectivity index (χ0) is 15.6. The van der Waals surface area contributed by atoms with Gasteiger partial charge in [0.1, 0.15) is 11.5 Å². The van der Waals surface area contributed by atoms with Gasteiger partial charge in [-0.3, -0.25) is 4.79 Å². The van der Waals surface area contributed by atoms with Crippen LogP contribution in [-0.4, -0.2) is 16.8 Å². The summed E-state index contributed by atoms with van der Waals surface area (Å²) < 4.78 is 6.46. The van der Waals surface area contributed by atoms with Crippen LogP contribution in [0.25, 0.3) is 0 Å². The number of carbonyl (C=O) groups is 1. The number of halogens is 1. The van der Waals surface area contributed by atoms with Gasteiger partial charge in [-0.1, -0.05) is 12.1 Å². The van der Waals surface area contributed by atoms with E-state index in [9.17, 15) is 4.79 Å². The van der Waals surface area contributed by atoms with Crippen LogP contribution in [0, 0.1) is 13.8 Å². The zero-order valence-corrected chi connectivity index (χ0v) is 14.4. The average Bonchev–Trinajstić information content (AvgIpc) is 2.84. The minimum atomic E-state index is 0.00891. The normalized spacial score (nSPS) is 11.0. The zero-order valence-electron chi connectivity index (χ0n) is 12.8. The largest absolute Gasteiger partial charge is 0.464 e. The summed E-state index contributed by atoms with van der Waals surface area (Å²) in [4.78, 5) is 14.6. The van der Waals surface area contributed by atoms with E-state index in [1.807, 2.05) is 62.9 Å². The number of nitrogens with zero attached hydrogens (tertiary/aromatic N) is 1. The van der Waals surface area contributed by atoms with E-state index < -0.39 is 0 Å². The molecule has 0 bridgehead atoms. The van der Waals surface area contributed by atoms with E-state index in [0.29, 0.717) is 12.1 Å². The molecule has 0 N–H and O–H groups in total. The maximum absolute atomic E-state index is 12.8. The molecule has 2 aromatic rings. The highest BCUT2D eigenvalue weighted by molar-refractivity contribution is 9.10. The fourth-order valence-electron chi connectivity index (χ4n) is 2.19. The van der Waals surface area contributed by atoms with Gasteiger partial charge in [0.15, 0.2) is 0 Å². The average molecular weight is 350 g/mol. The second-order valence-electron chi connectivity index (χ2n) is 5.48. The quantitative estimate of drug-likeness (QED) is 0.800. The third-order valence-electron chi connectivity index (χ3n) is 3.43. The van der Waals surface area contributed by atoms with Crippen LogP contribution < -0.4 is 0 Å². The molecule has 1 heterocycles. The van der Waals surface area contributed by atoms with Gasteiger partial charge in [0.2, 0.25) is 0 Å². The SMILES string of the molecule is Cc1ccc(CN(C(=O)c2cccc(C)c2Br)C(C)C)o1. The van der Waals surface area contributed by atoms with Gasteiger partial charge in [-0.15, -0.1) is 0 Å². The maximum Gasteiger partial charge on any atom is 0.255 e. The Balaban J connectivity index is 2.29. The Labute approximate surface area is 134 Å². The first-order chi connectivity index (χ1) is 9.90. The molecule has 0 fully saturated rings. The molecular weight excluding hydrogens is 330 g/mol. The lowest BCUT2D eigenvalue weighted by molar-refractivity contribution is 0.0674. The first-order valence-electron chi connectivity index (χ1n) is 7.01. The van der Waals surface area contributed by atoms with Crippen LogP contribution in [-0.2, 0) is 6.54 Å². The number of aryl methyl sites for hydroxylation is 2. The molecule has 0 aliphatic rings. The van der Waals surface area contributed by atoms with Crippen molar-refractivity contribution in [1.82, 2.24) is 4.90 Å². The van der Waals surface area contributed by atoms with E-state index in [1.165, 1.54) is 0 Å². The molecule has 0 aliphatic heterocycles. The molecular formula is C17H20BrNO2. The summed E-state index contributed by atoms with van der Waals surface area (Å²) in [5.74, 6) is 1.67. The van der Waals surface area contributed by atoms with E-state index in [1.54, 1.807) is 0 Å². The predicted octanol–water partition coefficient (Wildman–Crippen LogP) is 4.71. The Morgan fingerprint density at radius 1 is 1.24 bits per heavy atom. The molecule has 2 rings (SSSR count). The molecule has 1 aromatic heterocycles. The summed E-state index contributed by atoms with van der Waals surface area (Å²) in [6, 6.07) is 9.67. The van der Waals surface area contributed by atoms with Crippen molar-refractivity contribution in [2.75, 3.05) is 0 Å². The van der Waals surface area contributed by atoms with Gasteiger partial charge in [0, 0.05) is 10.5 Å². The lowest BCUT2D eigenvalue weighted by Gasteiger charge is -2.26. The molecule has 0 spiro atoms. The van der Waals surface area contributed by atoms with Crippen molar-refractivity contribution in [3.8, 4) is 0 Å². The Kier molecular flexibility index (Phi) is 4.88. The Morgan fingerprint density at radius 2 is 1.95 bits per heavy atom. The maximum atomic E-state index is 12.8. The molecule has 112 valence electrons. The minimum absolute atomic E-state index is 0.00891. The van der Waals surface area contributed by atoms with E-state index in [-0.39, 0.29) is 11.9 Å². The molecule has 0 saturated carbocycles. The molecule has 0 unspecified atom stereocenters. The minimum Gasteiger partial charge on any atom is -0.464 e. The molecule has 1 aromatic carbocycles. The molecule has 1 amide bonds. The van der Waals surface area contributed by atoms with E-state index in [4.69, 9.17) is 4.42 Å². The van der Waals surface area contributed by atoms with Crippen molar-refractivity contribution < 1.29 is 9.21 Å². The monoisotopic (exact) mass is 349 g/mol.